The lowest BCUT2D eigenvalue weighted by Gasteiger charge is -2.30. The summed E-state index contributed by atoms with van der Waals surface area (Å²) in [6.07, 6.45) is 3.94. The molecule has 2 aromatic carbocycles. The van der Waals surface area contributed by atoms with Crippen LogP contribution in [0, 0.1) is 0 Å². The van der Waals surface area contributed by atoms with E-state index in [0.29, 0.717) is 19.4 Å². The summed E-state index contributed by atoms with van der Waals surface area (Å²) >= 11 is 0. The molecule has 0 fully saturated rings. The number of nitrogens with zero attached hydrogens (tertiary/aromatic N) is 4. The monoisotopic (exact) mass is 605 g/mol. The maximum atomic E-state index is 14.1. The molecule has 44 heavy (non-hydrogen) atoms. The maximum absolute atomic E-state index is 14.1. The summed E-state index contributed by atoms with van der Waals surface area (Å²) in [4.78, 5) is 45.8. The van der Waals surface area contributed by atoms with Crippen molar-refractivity contribution in [1.82, 2.24) is 19.7 Å². The number of aryl methyl sites for hydroxylation is 1. The second-order valence-corrected chi connectivity index (χ2v) is 10.8. The van der Waals surface area contributed by atoms with Gasteiger partial charge in [-0.25, -0.2) is 4.79 Å². The topological polar surface area (TPSA) is 191 Å². The lowest BCUT2D eigenvalue weighted by Crippen LogP contribution is -2.48. The first-order valence-electron chi connectivity index (χ1n) is 15.2. The highest BCUT2D eigenvalue weighted by molar-refractivity contribution is 5.92. The Morgan fingerprint density at radius 2 is 1.61 bits per heavy atom. The van der Waals surface area contributed by atoms with Gasteiger partial charge in [-0.15, -0.1) is 0 Å². The van der Waals surface area contributed by atoms with E-state index in [1.807, 2.05) is 42.5 Å². The molecule has 12 heteroatoms. The molecule has 1 aromatic heterocycles. The highest BCUT2D eigenvalue weighted by Crippen LogP contribution is 2.24. The molecule has 1 heterocycles. The molecule has 238 valence electrons. The highest BCUT2D eigenvalue weighted by Gasteiger charge is 2.29. The van der Waals surface area contributed by atoms with Crippen LogP contribution in [0.4, 0.5) is 4.79 Å². The Labute approximate surface area is 259 Å². The fourth-order valence-electron chi connectivity index (χ4n) is 5.38. The van der Waals surface area contributed by atoms with Crippen LogP contribution >= 0.6 is 0 Å². The molecule has 0 aliphatic rings. The standard InChI is InChI=1S/C32H47N9O3/c1-3-39(4-2)17-8-18-40-22-25(26-9-5-6-10-27(26)40)19-29(42)41(28(30(33)43)11-7-16-37-31(34)35)21-24-14-12-23(13-15-24)20-38-32(36)44/h5-6,9-10,12-15,22,28H,3-4,7-8,11,16-21H2,1-2H3,(H2,33,43)(H4,34,35,37)(H3,36,38,44)/t28-/m1/s1. The van der Waals surface area contributed by atoms with Gasteiger partial charge in [0.1, 0.15) is 6.04 Å². The molecule has 12 nitrogen and oxygen atoms in total. The zero-order valence-corrected chi connectivity index (χ0v) is 25.9. The van der Waals surface area contributed by atoms with Gasteiger partial charge in [-0.05, 0) is 61.7 Å². The van der Waals surface area contributed by atoms with E-state index in [4.69, 9.17) is 22.9 Å². The number of hydrogen-bond acceptors (Lipinski definition) is 5. The molecule has 0 unspecified atom stereocenters. The van der Waals surface area contributed by atoms with Gasteiger partial charge in [-0.3, -0.25) is 14.6 Å². The first-order valence-corrected chi connectivity index (χ1v) is 15.2. The second kappa shape index (κ2) is 16.9. The van der Waals surface area contributed by atoms with Crippen LogP contribution in [0.15, 0.2) is 59.7 Å². The average Bonchev–Trinajstić information content (AvgIpc) is 3.34. The summed E-state index contributed by atoms with van der Waals surface area (Å²) in [5, 5.41) is 3.57. The van der Waals surface area contributed by atoms with Crippen LogP contribution in [0.3, 0.4) is 0 Å². The molecule has 3 rings (SSSR count). The summed E-state index contributed by atoms with van der Waals surface area (Å²) < 4.78 is 2.21. The first kappa shape index (κ1) is 33.9. The molecular formula is C32H47N9O3. The Hall–Kier alpha value is -4.58. The minimum absolute atomic E-state index is 0.0343. The van der Waals surface area contributed by atoms with Crippen molar-refractivity contribution < 1.29 is 14.4 Å². The van der Waals surface area contributed by atoms with Gasteiger partial charge in [-0.1, -0.05) is 56.3 Å². The lowest BCUT2D eigenvalue weighted by molar-refractivity contribution is -0.139. The van der Waals surface area contributed by atoms with E-state index in [9.17, 15) is 14.4 Å². The number of carbonyl (C=O) groups excluding carboxylic acids is 3. The number of nitrogens with two attached hydrogens (primary N) is 4. The first-order chi connectivity index (χ1) is 21.1. The fraction of sp³-hybridized carbons (Fsp3) is 0.438. The maximum Gasteiger partial charge on any atom is 0.312 e. The number of aliphatic imine (C=N–C) groups is 1. The number of rotatable bonds is 18. The molecule has 0 radical (unpaired) electrons. The number of benzene rings is 2. The van der Waals surface area contributed by atoms with E-state index in [0.717, 1.165) is 60.2 Å². The van der Waals surface area contributed by atoms with Crippen molar-refractivity contribution in [2.75, 3.05) is 26.2 Å². The summed E-state index contributed by atoms with van der Waals surface area (Å²) in [6, 6.07) is 14.0. The zero-order chi connectivity index (χ0) is 32.1. The van der Waals surface area contributed by atoms with Gasteiger partial charge in [0.05, 0.1) is 6.42 Å². The normalized spacial score (nSPS) is 11.8. The van der Waals surface area contributed by atoms with Gasteiger partial charge in [0.25, 0.3) is 0 Å². The van der Waals surface area contributed by atoms with Crippen molar-refractivity contribution in [3.63, 3.8) is 0 Å². The number of nitrogens with one attached hydrogen (secondary N) is 1. The Balaban J connectivity index is 1.86. The number of fused-ring (bicyclic) bond motifs is 1. The van der Waals surface area contributed by atoms with Gasteiger partial charge in [-0.2, -0.15) is 0 Å². The molecule has 3 aromatic rings. The van der Waals surface area contributed by atoms with Gasteiger partial charge >= 0.3 is 6.03 Å². The number of urea groups is 1. The molecule has 1 atom stereocenters. The minimum Gasteiger partial charge on any atom is -0.370 e. The third kappa shape index (κ3) is 10.0. The number of aromatic nitrogens is 1. The molecular weight excluding hydrogens is 558 g/mol. The molecule has 0 bridgehead atoms. The largest absolute Gasteiger partial charge is 0.370 e. The predicted octanol–water partition coefficient (Wildman–Crippen LogP) is 2.02. The smallest absolute Gasteiger partial charge is 0.312 e. The predicted molar refractivity (Wildman–Crippen MR) is 174 cm³/mol. The van der Waals surface area contributed by atoms with Gasteiger partial charge in [0, 0.05) is 43.3 Å². The number of primary amides is 2. The molecule has 0 aliphatic heterocycles. The molecule has 0 spiro atoms. The summed E-state index contributed by atoms with van der Waals surface area (Å²) in [6.45, 7) is 8.97. The highest BCUT2D eigenvalue weighted by atomic mass is 16.2. The molecule has 9 N–H and O–H groups in total. The van der Waals surface area contributed by atoms with Gasteiger partial charge < -0.3 is 42.6 Å². The molecule has 0 aliphatic carbocycles. The number of para-hydroxylation sites is 1. The van der Waals surface area contributed by atoms with Crippen LogP contribution in [0.5, 0.6) is 0 Å². The van der Waals surface area contributed by atoms with Crippen LogP contribution in [0.1, 0.15) is 49.8 Å². The van der Waals surface area contributed by atoms with E-state index in [1.54, 1.807) is 4.90 Å². The van der Waals surface area contributed by atoms with Crippen molar-refractivity contribution >= 4 is 34.7 Å². The summed E-state index contributed by atoms with van der Waals surface area (Å²) in [5.74, 6) is -0.835. The van der Waals surface area contributed by atoms with Crippen molar-refractivity contribution in [3.8, 4) is 0 Å². The second-order valence-electron chi connectivity index (χ2n) is 10.8. The SMILES string of the molecule is CCN(CC)CCCn1cc(CC(=O)N(Cc2ccc(CNC(N)=O)cc2)[C@H](CCCN=C(N)N)C(N)=O)c2ccccc21. The number of amides is 4. The Morgan fingerprint density at radius 3 is 2.25 bits per heavy atom. The molecule has 0 saturated heterocycles. The van der Waals surface area contributed by atoms with E-state index in [2.05, 4.69) is 45.9 Å². The Bertz CT molecular complexity index is 1410. The van der Waals surface area contributed by atoms with Crippen molar-refractivity contribution in [1.29, 1.82) is 0 Å². The van der Waals surface area contributed by atoms with E-state index >= 15 is 0 Å². The summed E-state index contributed by atoms with van der Waals surface area (Å²) in [5.41, 5.74) is 25.6. The van der Waals surface area contributed by atoms with Gasteiger partial charge in [0.15, 0.2) is 5.96 Å². The lowest BCUT2D eigenvalue weighted by atomic mass is 10.0. The number of guanidine groups is 1. The van der Waals surface area contributed by atoms with Crippen LogP contribution in [0.2, 0.25) is 0 Å². The zero-order valence-electron chi connectivity index (χ0n) is 25.9. The third-order valence-electron chi connectivity index (χ3n) is 7.78. The van der Waals surface area contributed by atoms with E-state index in [-0.39, 0.29) is 31.4 Å². The van der Waals surface area contributed by atoms with Crippen LogP contribution < -0.4 is 28.3 Å². The number of carbonyl (C=O) groups is 3. The fourth-order valence-corrected chi connectivity index (χ4v) is 5.38. The average molecular weight is 606 g/mol. The van der Waals surface area contributed by atoms with Crippen LogP contribution in [-0.2, 0) is 35.6 Å². The van der Waals surface area contributed by atoms with Crippen molar-refractivity contribution in [3.05, 3.63) is 71.4 Å². The number of hydrogen-bond donors (Lipinski definition) is 5. The molecule has 4 amide bonds. The quantitative estimate of drug-likeness (QED) is 0.0837. The Morgan fingerprint density at radius 1 is 0.932 bits per heavy atom. The Kier molecular flexibility index (Phi) is 13.0. The third-order valence-corrected chi connectivity index (χ3v) is 7.78. The van der Waals surface area contributed by atoms with Crippen molar-refractivity contribution in [2.45, 2.75) is 65.2 Å². The van der Waals surface area contributed by atoms with Crippen molar-refractivity contribution in [2.24, 2.45) is 27.9 Å². The minimum atomic E-state index is -0.852. The summed E-state index contributed by atoms with van der Waals surface area (Å²) in [7, 11) is 0. The van der Waals surface area contributed by atoms with Crippen LogP contribution in [-0.4, -0.2) is 70.4 Å². The van der Waals surface area contributed by atoms with Gasteiger partial charge in [0.2, 0.25) is 11.8 Å². The van der Waals surface area contributed by atoms with E-state index < -0.39 is 18.0 Å². The van der Waals surface area contributed by atoms with E-state index in [1.165, 1.54) is 0 Å². The van der Waals surface area contributed by atoms with Crippen LogP contribution in [0.25, 0.3) is 10.9 Å². The molecule has 0 saturated carbocycles.